The average Bonchev–Trinajstić information content (AvgIpc) is 2.37. The van der Waals surface area contributed by atoms with Gasteiger partial charge in [0.1, 0.15) is 11.5 Å². The molecule has 100 valence electrons. The molecule has 0 bridgehead atoms. The molecule has 0 unspecified atom stereocenters. The van der Waals surface area contributed by atoms with Crippen molar-refractivity contribution in [2.45, 2.75) is 13.5 Å². The van der Waals surface area contributed by atoms with Gasteiger partial charge < -0.3 is 15.2 Å². The molecule has 0 saturated carbocycles. The normalized spacial score (nSPS) is 10.5. The first-order chi connectivity index (χ1) is 9.10. The second-order valence-corrected chi connectivity index (χ2v) is 5.18. The minimum absolute atomic E-state index is 0.569. The summed E-state index contributed by atoms with van der Waals surface area (Å²) in [6.45, 7) is 2.52. The van der Waals surface area contributed by atoms with Crippen molar-refractivity contribution in [2.24, 2.45) is 0 Å². The van der Waals surface area contributed by atoms with Crippen molar-refractivity contribution < 1.29 is 9.47 Å². The number of benzene rings is 2. The highest BCUT2D eigenvalue weighted by molar-refractivity contribution is 9.10. The zero-order valence-electron chi connectivity index (χ0n) is 10.9. The number of aryl methyl sites for hydroxylation is 1. The summed E-state index contributed by atoms with van der Waals surface area (Å²) in [5.74, 6) is 1.53. The first-order valence-corrected chi connectivity index (χ1v) is 6.71. The molecule has 4 heteroatoms. The van der Waals surface area contributed by atoms with Crippen LogP contribution in [-0.4, -0.2) is 7.11 Å². The van der Waals surface area contributed by atoms with Crippen LogP contribution in [0, 0.1) is 6.92 Å². The molecule has 0 amide bonds. The summed E-state index contributed by atoms with van der Waals surface area (Å²) in [6.07, 6.45) is 0. The standard InChI is InChI=1S/C15H16BrNO2/c1-10-6-15(13(16)8-14(10)17)19-12-5-3-4-11(7-12)9-18-2/h3-8H,9,17H2,1-2H3. The first-order valence-electron chi connectivity index (χ1n) is 5.91. The lowest BCUT2D eigenvalue weighted by Crippen LogP contribution is -1.93. The molecule has 0 heterocycles. The molecule has 0 spiro atoms. The third kappa shape index (κ3) is 3.49. The maximum absolute atomic E-state index is 5.87. The van der Waals surface area contributed by atoms with E-state index < -0.39 is 0 Å². The predicted octanol–water partition coefficient (Wildman–Crippen LogP) is 4.28. The fourth-order valence-electron chi connectivity index (χ4n) is 1.74. The molecule has 0 radical (unpaired) electrons. The Kier molecular flexibility index (Phi) is 4.45. The first kappa shape index (κ1) is 13.9. The zero-order valence-corrected chi connectivity index (χ0v) is 12.5. The molecule has 0 aliphatic heterocycles. The molecule has 2 rings (SSSR count). The van der Waals surface area contributed by atoms with E-state index in [4.69, 9.17) is 15.2 Å². The van der Waals surface area contributed by atoms with Crippen molar-refractivity contribution in [1.29, 1.82) is 0 Å². The Bertz CT molecular complexity index is 584. The van der Waals surface area contributed by atoms with Crippen LogP contribution in [0.1, 0.15) is 11.1 Å². The van der Waals surface area contributed by atoms with E-state index in [0.29, 0.717) is 6.61 Å². The van der Waals surface area contributed by atoms with Gasteiger partial charge in [-0.05, 0) is 58.2 Å². The lowest BCUT2D eigenvalue weighted by Gasteiger charge is -2.11. The van der Waals surface area contributed by atoms with Gasteiger partial charge in [0.05, 0.1) is 11.1 Å². The minimum Gasteiger partial charge on any atom is -0.456 e. The zero-order chi connectivity index (χ0) is 13.8. The molecule has 0 aliphatic rings. The summed E-state index contributed by atoms with van der Waals surface area (Å²) in [6, 6.07) is 11.6. The van der Waals surface area contributed by atoms with Crippen LogP contribution in [0.15, 0.2) is 40.9 Å². The van der Waals surface area contributed by atoms with Crippen molar-refractivity contribution in [2.75, 3.05) is 12.8 Å². The fraction of sp³-hybridized carbons (Fsp3) is 0.200. The van der Waals surface area contributed by atoms with Crippen LogP contribution in [-0.2, 0) is 11.3 Å². The number of methoxy groups -OCH3 is 1. The van der Waals surface area contributed by atoms with Crippen molar-refractivity contribution in [3.63, 3.8) is 0 Å². The Labute approximate surface area is 121 Å². The van der Waals surface area contributed by atoms with E-state index in [9.17, 15) is 0 Å². The summed E-state index contributed by atoms with van der Waals surface area (Å²) < 4.78 is 11.8. The largest absolute Gasteiger partial charge is 0.456 e. The number of halogens is 1. The highest BCUT2D eigenvalue weighted by Gasteiger charge is 2.06. The summed E-state index contributed by atoms with van der Waals surface area (Å²) in [5.41, 5.74) is 8.65. The van der Waals surface area contributed by atoms with E-state index in [2.05, 4.69) is 15.9 Å². The van der Waals surface area contributed by atoms with Gasteiger partial charge in [0.15, 0.2) is 0 Å². The third-order valence-corrected chi connectivity index (χ3v) is 3.38. The summed E-state index contributed by atoms with van der Waals surface area (Å²) in [4.78, 5) is 0. The number of hydrogen-bond acceptors (Lipinski definition) is 3. The molecule has 3 nitrogen and oxygen atoms in total. The van der Waals surface area contributed by atoms with Crippen molar-refractivity contribution in [1.82, 2.24) is 0 Å². The Balaban J connectivity index is 2.25. The van der Waals surface area contributed by atoms with Gasteiger partial charge >= 0.3 is 0 Å². The number of ether oxygens (including phenoxy) is 2. The molecule has 2 N–H and O–H groups in total. The third-order valence-electron chi connectivity index (χ3n) is 2.76. The van der Waals surface area contributed by atoms with Crippen LogP contribution >= 0.6 is 15.9 Å². The summed E-state index contributed by atoms with van der Waals surface area (Å²) >= 11 is 3.46. The van der Waals surface area contributed by atoms with Gasteiger partial charge in [-0.2, -0.15) is 0 Å². The smallest absolute Gasteiger partial charge is 0.142 e. The molecule has 0 atom stereocenters. The minimum atomic E-state index is 0.569. The van der Waals surface area contributed by atoms with E-state index >= 15 is 0 Å². The van der Waals surface area contributed by atoms with Crippen molar-refractivity contribution in [3.05, 3.63) is 52.0 Å². The molecule has 19 heavy (non-hydrogen) atoms. The molecule has 0 aliphatic carbocycles. The molecular weight excluding hydrogens is 306 g/mol. The van der Waals surface area contributed by atoms with Crippen LogP contribution in [0.4, 0.5) is 5.69 Å². The highest BCUT2D eigenvalue weighted by atomic mass is 79.9. The highest BCUT2D eigenvalue weighted by Crippen LogP contribution is 2.33. The van der Waals surface area contributed by atoms with Crippen molar-refractivity contribution >= 4 is 21.6 Å². The molecular formula is C15H16BrNO2. The number of rotatable bonds is 4. The van der Waals surface area contributed by atoms with E-state index in [1.807, 2.05) is 43.3 Å². The molecule has 0 aromatic heterocycles. The van der Waals surface area contributed by atoms with Gasteiger partial charge in [0.25, 0.3) is 0 Å². The van der Waals surface area contributed by atoms with E-state index in [-0.39, 0.29) is 0 Å². The maximum atomic E-state index is 5.87. The average molecular weight is 322 g/mol. The fourth-order valence-corrected chi connectivity index (χ4v) is 2.18. The van der Waals surface area contributed by atoms with Crippen LogP contribution in [0.5, 0.6) is 11.5 Å². The second kappa shape index (κ2) is 6.08. The second-order valence-electron chi connectivity index (χ2n) is 4.32. The summed E-state index contributed by atoms with van der Waals surface area (Å²) in [5, 5.41) is 0. The topological polar surface area (TPSA) is 44.5 Å². The molecule has 2 aromatic carbocycles. The number of anilines is 1. The van der Waals surface area contributed by atoms with E-state index in [1.54, 1.807) is 7.11 Å². The Hall–Kier alpha value is -1.52. The maximum Gasteiger partial charge on any atom is 0.142 e. The van der Waals surface area contributed by atoms with Gasteiger partial charge in [0.2, 0.25) is 0 Å². The van der Waals surface area contributed by atoms with E-state index in [0.717, 1.165) is 32.8 Å². The quantitative estimate of drug-likeness (QED) is 0.855. The summed E-state index contributed by atoms with van der Waals surface area (Å²) in [7, 11) is 1.67. The SMILES string of the molecule is COCc1cccc(Oc2cc(C)c(N)cc2Br)c1. The van der Waals surface area contributed by atoms with Crippen LogP contribution in [0.2, 0.25) is 0 Å². The van der Waals surface area contributed by atoms with Crippen LogP contribution in [0.25, 0.3) is 0 Å². The van der Waals surface area contributed by atoms with Gasteiger partial charge in [0, 0.05) is 12.8 Å². The molecule has 0 fully saturated rings. The monoisotopic (exact) mass is 321 g/mol. The van der Waals surface area contributed by atoms with Crippen molar-refractivity contribution in [3.8, 4) is 11.5 Å². The lowest BCUT2D eigenvalue weighted by molar-refractivity contribution is 0.184. The predicted molar refractivity (Wildman–Crippen MR) is 80.5 cm³/mol. The van der Waals surface area contributed by atoms with Gasteiger partial charge in [-0.15, -0.1) is 0 Å². The number of hydrogen-bond donors (Lipinski definition) is 1. The van der Waals surface area contributed by atoms with Gasteiger partial charge in [-0.25, -0.2) is 0 Å². The Morgan fingerprint density at radius 3 is 2.74 bits per heavy atom. The van der Waals surface area contributed by atoms with Gasteiger partial charge in [-0.1, -0.05) is 12.1 Å². The Morgan fingerprint density at radius 2 is 2.00 bits per heavy atom. The van der Waals surface area contributed by atoms with E-state index in [1.165, 1.54) is 0 Å². The molecule has 2 aromatic rings. The lowest BCUT2D eigenvalue weighted by atomic mass is 10.2. The van der Waals surface area contributed by atoms with Crippen LogP contribution < -0.4 is 10.5 Å². The van der Waals surface area contributed by atoms with Crippen LogP contribution in [0.3, 0.4) is 0 Å². The number of nitrogens with two attached hydrogens (primary N) is 1. The van der Waals surface area contributed by atoms with Gasteiger partial charge in [-0.3, -0.25) is 0 Å². The molecule has 0 saturated heterocycles. The Morgan fingerprint density at radius 1 is 1.21 bits per heavy atom. The number of nitrogen functional groups attached to an aromatic ring is 1.